The van der Waals surface area contributed by atoms with Crippen LogP contribution in [-0.4, -0.2) is 36.1 Å². The van der Waals surface area contributed by atoms with Crippen molar-refractivity contribution in [2.45, 2.75) is 51.1 Å². The molecular weight excluding hydrogens is 226 g/mol. The Balaban J connectivity index is 1.88. The highest BCUT2D eigenvalue weighted by molar-refractivity contribution is 5.02. The summed E-state index contributed by atoms with van der Waals surface area (Å²) in [7, 11) is 1.98. The van der Waals surface area contributed by atoms with E-state index in [2.05, 4.69) is 22.3 Å². The van der Waals surface area contributed by atoms with Crippen molar-refractivity contribution in [1.29, 1.82) is 0 Å². The van der Waals surface area contributed by atoms with Crippen molar-refractivity contribution >= 4 is 0 Å². The third-order valence-corrected chi connectivity index (χ3v) is 3.75. The van der Waals surface area contributed by atoms with Gasteiger partial charge in [0.2, 0.25) is 0 Å². The Morgan fingerprint density at radius 1 is 1.50 bits per heavy atom. The Hall–Kier alpha value is -0.870. The van der Waals surface area contributed by atoms with E-state index in [1.165, 1.54) is 31.4 Å². The van der Waals surface area contributed by atoms with Crippen molar-refractivity contribution in [3.63, 3.8) is 0 Å². The van der Waals surface area contributed by atoms with Gasteiger partial charge in [0.05, 0.1) is 18.3 Å². The molecule has 0 amide bonds. The molecule has 1 aromatic rings. The van der Waals surface area contributed by atoms with Crippen LogP contribution >= 0.6 is 0 Å². The van der Waals surface area contributed by atoms with E-state index in [1.54, 1.807) is 0 Å². The summed E-state index contributed by atoms with van der Waals surface area (Å²) in [5, 5.41) is 8.00. The van der Waals surface area contributed by atoms with Crippen molar-refractivity contribution in [3.05, 3.63) is 18.0 Å². The number of nitrogens with zero attached hydrogens (tertiary/aromatic N) is 2. The smallest absolute Gasteiger partial charge is 0.0641 e. The van der Waals surface area contributed by atoms with Crippen LogP contribution in [0.2, 0.25) is 0 Å². The molecule has 1 aromatic heterocycles. The zero-order valence-corrected chi connectivity index (χ0v) is 11.6. The molecule has 1 saturated carbocycles. The predicted octanol–water partition coefficient (Wildman–Crippen LogP) is 2.17. The van der Waals surface area contributed by atoms with Crippen molar-refractivity contribution in [2.75, 3.05) is 20.3 Å². The Bertz CT molecular complexity index is 345. The van der Waals surface area contributed by atoms with Gasteiger partial charge >= 0.3 is 0 Å². The van der Waals surface area contributed by atoms with Gasteiger partial charge in [-0.15, -0.1) is 0 Å². The molecule has 1 heterocycles. The average Bonchev–Trinajstić information content (AvgIpc) is 3.04. The lowest BCUT2D eigenvalue weighted by atomic mass is 10.2. The second-order valence-electron chi connectivity index (χ2n) is 5.07. The quantitative estimate of drug-likeness (QED) is 0.807. The fourth-order valence-electron chi connectivity index (χ4n) is 2.62. The molecule has 1 unspecified atom stereocenters. The summed E-state index contributed by atoms with van der Waals surface area (Å²) in [6.07, 6.45) is 8.35. The minimum absolute atomic E-state index is 0.358. The fraction of sp³-hybridized carbons (Fsp3) is 0.786. The van der Waals surface area contributed by atoms with Crippen molar-refractivity contribution in [2.24, 2.45) is 0 Å². The number of hydrogen-bond donors (Lipinski definition) is 1. The molecule has 1 atom stereocenters. The molecule has 4 nitrogen and oxygen atoms in total. The van der Waals surface area contributed by atoms with E-state index in [4.69, 9.17) is 9.84 Å². The first-order valence-corrected chi connectivity index (χ1v) is 7.12. The van der Waals surface area contributed by atoms with Crippen LogP contribution in [0.1, 0.15) is 44.3 Å². The Morgan fingerprint density at radius 2 is 2.28 bits per heavy atom. The Labute approximate surface area is 110 Å². The van der Waals surface area contributed by atoms with Crippen LogP contribution in [0.25, 0.3) is 0 Å². The third kappa shape index (κ3) is 3.56. The van der Waals surface area contributed by atoms with Gasteiger partial charge in [-0.1, -0.05) is 12.8 Å². The Kier molecular flexibility index (Phi) is 5.20. The van der Waals surface area contributed by atoms with Crippen LogP contribution in [0.5, 0.6) is 0 Å². The van der Waals surface area contributed by atoms with Crippen LogP contribution in [0.4, 0.5) is 0 Å². The van der Waals surface area contributed by atoms with Crippen molar-refractivity contribution in [3.8, 4) is 0 Å². The number of rotatable bonds is 7. The first-order chi connectivity index (χ1) is 8.83. The van der Waals surface area contributed by atoms with Gasteiger partial charge in [0, 0.05) is 25.3 Å². The molecule has 2 rings (SSSR count). The van der Waals surface area contributed by atoms with Gasteiger partial charge in [0.15, 0.2) is 0 Å². The zero-order chi connectivity index (χ0) is 12.8. The van der Waals surface area contributed by atoms with E-state index in [9.17, 15) is 0 Å². The molecule has 0 aromatic carbocycles. The summed E-state index contributed by atoms with van der Waals surface area (Å²) in [4.78, 5) is 0. The highest BCUT2D eigenvalue weighted by atomic mass is 16.5. The monoisotopic (exact) mass is 251 g/mol. The molecule has 0 saturated heterocycles. The van der Waals surface area contributed by atoms with Gasteiger partial charge < -0.3 is 10.1 Å². The van der Waals surface area contributed by atoms with E-state index < -0.39 is 0 Å². The second kappa shape index (κ2) is 6.90. The Morgan fingerprint density at radius 3 is 2.94 bits per heavy atom. The topological polar surface area (TPSA) is 39.1 Å². The van der Waals surface area contributed by atoms with E-state index in [0.29, 0.717) is 12.1 Å². The minimum Gasteiger partial charge on any atom is -0.380 e. The summed E-state index contributed by atoms with van der Waals surface area (Å²) in [6.45, 7) is 3.56. The molecule has 0 spiro atoms. The highest BCUT2D eigenvalue weighted by Gasteiger charge is 2.18. The molecule has 102 valence electrons. The summed E-state index contributed by atoms with van der Waals surface area (Å²) in [5.74, 6) is 0. The van der Waals surface area contributed by atoms with Gasteiger partial charge in [-0.25, -0.2) is 0 Å². The predicted molar refractivity (Wildman–Crippen MR) is 72.8 cm³/mol. The minimum atomic E-state index is 0.358. The number of aromatic nitrogens is 2. The summed E-state index contributed by atoms with van der Waals surface area (Å²) < 4.78 is 7.63. The molecule has 0 aliphatic heterocycles. The average molecular weight is 251 g/mol. The number of nitrogens with one attached hydrogen (secondary N) is 1. The molecule has 18 heavy (non-hydrogen) atoms. The maximum atomic E-state index is 5.47. The second-order valence-corrected chi connectivity index (χ2v) is 5.07. The zero-order valence-electron chi connectivity index (χ0n) is 11.6. The number of likely N-dealkylation sites (N-methyl/N-ethyl adjacent to an activating group) is 1. The fourth-order valence-corrected chi connectivity index (χ4v) is 2.62. The van der Waals surface area contributed by atoms with Gasteiger partial charge in [0.25, 0.3) is 0 Å². The third-order valence-electron chi connectivity index (χ3n) is 3.75. The molecule has 1 N–H and O–H groups in total. The molecule has 1 fully saturated rings. The standard InChI is InChI=1S/C14H25N3O/c1-3-18-11-13(15-2)10-12-8-9-17(16-12)14-6-4-5-7-14/h8-9,13-15H,3-7,10-11H2,1-2H3. The molecule has 0 radical (unpaired) electrons. The van der Waals surface area contributed by atoms with Gasteiger partial charge in [-0.3, -0.25) is 4.68 Å². The lowest BCUT2D eigenvalue weighted by Crippen LogP contribution is -2.32. The first kappa shape index (κ1) is 13.6. The largest absolute Gasteiger partial charge is 0.380 e. The number of hydrogen-bond acceptors (Lipinski definition) is 3. The molecule has 1 aliphatic carbocycles. The molecule has 1 aliphatic rings. The lowest BCUT2D eigenvalue weighted by molar-refractivity contribution is 0.124. The highest BCUT2D eigenvalue weighted by Crippen LogP contribution is 2.28. The van der Waals surface area contributed by atoms with E-state index >= 15 is 0 Å². The molecule has 0 bridgehead atoms. The first-order valence-electron chi connectivity index (χ1n) is 7.12. The van der Waals surface area contributed by atoms with Crippen molar-refractivity contribution in [1.82, 2.24) is 15.1 Å². The van der Waals surface area contributed by atoms with E-state index in [-0.39, 0.29) is 0 Å². The van der Waals surface area contributed by atoms with Crippen LogP contribution in [-0.2, 0) is 11.2 Å². The van der Waals surface area contributed by atoms with Gasteiger partial charge in [-0.05, 0) is 32.9 Å². The van der Waals surface area contributed by atoms with E-state index in [1.807, 2.05) is 14.0 Å². The van der Waals surface area contributed by atoms with Crippen LogP contribution in [0.3, 0.4) is 0 Å². The van der Waals surface area contributed by atoms with Crippen molar-refractivity contribution < 1.29 is 4.74 Å². The lowest BCUT2D eigenvalue weighted by Gasteiger charge is -2.14. The normalized spacial score (nSPS) is 18.3. The van der Waals surface area contributed by atoms with Crippen LogP contribution in [0, 0.1) is 0 Å². The molecule has 4 heteroatoms. The SMILES string of the molecule is CCOCC(Cc1ccn(C2CCCC2)n1)NC. The molecular formula is C14H25N3O. The van der Waals surface area contributed by atoms with Gasteiger partial charge in [0.1, 0.15) is 0 Å². The summed E-state index contributed by atoms with van der Waals surface area (Å²) >= 11 is 0. The maximum absolute atomic E-state index is 5.47. The number of ether oxygens (including phenoxy) is 1. The van der Waals surface area contributed by atoms with E-state index in [0.717, 1.165) is 19.6 Å². The maximum Gasteiger partial charge on any atom is 0.0641 e. The van der Waals surface area contributed by atoms with Gasteiger partial charge in [-0.2, -0.15) is 5.10 Å². The summed E-state index contributed by atoms with van der Waals surface area (Å²) in [5.41, 5.74) is 1.17. The van der Waals surface area contributed by atoms with Crippen LogP contribution < -0.4 is 5.32 Å². The van der Waals surface area contributed by atoms with Crippen LogP contribution in [0.15, 0.2) is 12.3 Å². The summed E-state index contributed by atoms with van der Waals surface area (Å²) in [6, 6.07) is 3.14.